The molecule has 1 aliphatic heterocycles. The van der Waals surface area contributed by atoms with E-state index in [1.807, 2.05) is 12.1 Å². The number of hydrogen-bond donors (Lipinski definition) is 0. The highest BCUT2D eigenvalue weighted by Gasteiger charge is 2.33. The van der Waals surface area contributed by atoms with E-state index < -0.39 is 12.7 Å². The molecule has 0 bridgehead atoms. The van der Waals surface area contributed by atoms with Crippen LogP contribution in [0, 0.1) is 6.92 Å². The normalized spacial score (nSPS) is 13.5. The van der Waals surface area contributed by atoms with E-state index in [1.165, 1.54) is 37.7 Å². The van der Waals surface area contributed by atoms with Gasteiger partial charge in [0.1, 0.15) is 6.54 Å². The van der Waals surface area contributed by atoms with Crippen LogP contribution in [0.15, 0.2) is 30.7 Å². The topological polar surface area (TPSA) is 82.4 Å². The summed E-state index contributed by atoms with van der Waals surface area (Å²) >= 11 is 0. The summed E-state index contributed by atoms with van der Waals surface area (Å²) in [5.74, 6) is 0.193. The van der Waals surface area contributed by atoms with Gasteiger partial charge in [0.15, 0.2) is 0 Å². The molecule has 0 saturated carbocycles. The van der Waals surface area contributed by atoms with Gasteiger partial charge in [-0.25, -0.2) is 9.97 Å². The second kappa shape index (κ2) is 7.56. The van der Waals surface area contributed by atoms with Gasteiger partial charge >= 0.3 is 6.18 Å². The Bertz CT molecular complexity index is 1160. The number of aromatic nitrogens is 4. The Labute approximate surface area is 175 Å². The molecule has 3 heterocycles. The first kappa shape index (κ1) is 20.6. The van der Waals surface area contributed by atoms with Crippen LogP contribution in [0.25, 0.3) is 11.3 Å². The summed E-state index contributed by atoms with van der Waals surface area (Å²) in [6, 6.07) is 3.62. The van der Waals surface area contributed by atoms with Crippen molar-refractivity contribution in [3.63, 3.8) is 0 Å². The van der Waals surface area contributed by atoms with Gasteiger partial charge in [0.2, 0.25) is 0 Å². The molecule has 31 heavy (non-hydrogen) atoms. The monoisotopic (exact) mass is 433 g/mol. The van der Waals surface area contributed by atoms with Crippen molar-refractivity contribution in [2.75, 3.05) is 19.1 Å². The van der Waals surface area contributed by atoms with Gasteiger partial charge in [-0.05, 0) is 30.2 Å². The van der Waals surface area contributed by atoms with E-state index >= 15 is 0 Å². The molecule has 0 N–H and O–H groups in total. The molecule has 2 aromatic heterocycles. The summed E-state index contributed by atoms with van der Waals surface area (Å²) in [4.78, 5) is 22.9. The van der Waals surface area contributed by atoms with Crippen LogP contribution in [0.2, 0.25) is 0 Å². The Kier molecular flexibility index (Phi) is 5.03. The summed E-state index contributed by atoms with van der Waals surface area (Å²) in [6.07, 6.45) is -0.385. The van der Waals surface area contributed by atoms with Crippen molar-refractivity contribution in [3.05, 3.63) is 47.4 Å². The summed E-state index contributed by atoms with van der Waals surface area (Å²) in [6.45, 7) is 0.787. The Morgan fingerprint density at radius 3 is 2.55 bits per heavy atom. The lowest BCUT2D eigenvalue weighted by Gasteiger charge is -2.12. The smallest absolute Gasteiger partial charge is 0.408 e. The first-order valence-electron chi connectivity index (χ1n) is 9.20. The SMILES string of the molecule is COc1ncc(-c2cc(C)c3c(c2)CN(c2cnn(CC(F)(F)F)c2)C3=O)nc1OC. The molecule has 0 aliphatic carbocycles. The minimum Gasteiger partial charge on any atom is -0.477 e. The van der Waals surface area contributed by atoms with Gasteiger partial charge in [-0.2, -0.15) is 18.3 Å². The fourth-order valence-electron chi connectivity index (χ4n) is 3.56. The van der Waals surface area contributed by atoms with Gasteiger partial charge in [-0.3, -0.25) is 9.48 Å². The van der Waals surface area contributed by atoms with Crippen LogP contribution in [0.5, 0.6) is 11.8 Å². The molecular weight excluding hydrogens is 415 g/mol. The van der Waals surface area contributed by atoms with E-state index in [9.17, 15) is 18.0 Å². The van der Waals surface area contributed by atoms with Crippen LogP contribution in [-0.2, 0) is 13.1 Å². The Hall–Kier alpha value is -3.63. The predicted molar refractivity (Wildman–Crippen MR) is 104 cm³/mol. The zero-order valence-corrected chi connectivity index (χ0v) is 16.9. The van der Waals surface area contributed by atoms with Crippen LogP contribution >= 0.6 is 0 Å². The maximum atomic E-state index is 12.9. The Balaban J connectivity index is 1.66. The first-order chi connectivity index (χ1) is 14.7. The van der Waals surface area contributed by atoms with Gasteiger partial charge in [0.05, 0.1) is 44.5 Å². The highest BCUT2D eigenvalue weighted by atomic mass is 19.4. The van der Waals surface area contributed by atoms with Gasteiger partial charge < -0.3 is 14.4 Å². The number of hydrogen-bond acceptors (Lipinski definition) is 6. The molecule has 162 valence electrons. The number of ether oxygens (including phenoxy) is 2. The largest absolute Gasteiger partial charge is 0.477 e. The standard InChI is InChI=1S/C20H18F3N5O3/c1-11-4-12(15-7-24-17(30-2)18(26-15)31-3)5-13-8-28(19(29)16(11)13)14-6-25-27(9-14)10-20(21,22)23/h4-7,9H,8,10H2,1-3H3. The number of anilines is 1. The summed E-state index contributed by atoms with van der Waals surface area (Å²) in [7, 11) is 2.92. The molecule has 1 amide bonds. The highest BCUT2D eigenvalue weighted by Crippen LogP contribution is 2.34. The fourth-order valence-corrected chi connectivity index (χ4v) is 3.56. The highest BCUT2D eigenvalue weighted by molar-refractivity contribution is 6.11. The average molecular weight is 433 g/mol. The number of fused-ring (bicyclic) bond motifs is 1. The zero-order chi connectivity index (χ0) is 22.3. The summed E-state index contributed by atoms with van der Waals surface area (Å²) in [5, 5.41) is 3.73. The van der Waals surface area contributed by atoms with E-state index in [0.717, 1.165) is 21.4 Å². The van der Waals surface area contributed by atoms with Crippen molar-refractivity contribution < 1.29 is 27.4 Å². The van der Waals surface area contributed by atoms with Crippen LogP contribution in [0.1, 0.15) is 21.5 Å². The second-order valence-corrected chi connectivity index (χ2v) is 7.00. The Morgan fingerprint density at radius 1 is 1.13 bits per heavy atom. The number of benzene rings is 1. The third kappa shape index (κ3) is 3.90. The number of aryl methyl sites for hydroxylation is 1. The first-order valence-corrected chi connectivity index (χ1v) is 9.20. The van der Waals surface area contributed by atoms with E-state index in [2.05, 4.69) is 15.1 Å². The maximum Gasteiger partial charge on any atom is 0.408 e. The third-order valence-electron chi connectivity index (χ3n) is 4.87. The fraction of sp³-hybridized carbons (Fsp3) is 0.300. The molecule has 0 radical (unpaired) electrons. The molecule has 11 heteroatoms. The number of carbonyl (C=O) groups is 1. The number of rotatable bonds is 5. The zero-order valence-electron chi connectivity index (χ0n) is 16.9. The van der Waals surface area contributed by atoms with Crippen molar-refractivity contribution in [3.8, 4) is 23.0 Å². The van der Waals surface area contributed by atoms with Crippen molar-refractivity contribution >= 4 is 11.6 Å². The Morgan fingerprint density at radius 2 is 1.87 bits per heavy atom. The summed E-state index contributed by atoms with van der Waals surface area (Å²) in [5.41, 5.74) is 3.54. The lowest BCUT2D eigenvalue weighted by molar-refractivity contribution is -0.142. The maximum absolute atomic E-state index is 12.9. The summed E-state index contributed by atoms with van der Waals surface area (Å²) < 4.78 is 48.9. The second-order valence-electron chi connectivity index (χ2n) is 7.00. The van der Waals surface area contributed by atoms with Crippen molar-refractivity contribution in [1.29, 1.82) is 0 Å². The van der Waals surface area contributed by atoms with Crippen LogP contribution < -0.4 is 14.4 Å². The van der Waals surface area contributed by atoms with Gasteiger partial charge in [0.25, 0.3) is 17.7 Å². The molecule has 4 rings (SSSR count). The van der Waals surface area contributed by atoms with Crippen LogP contribution in [0.3, 0.4) is 0 Å². The number of halogens is 3. The molecule has 0 unspecified atom stereocenters. The molecule has 0 fully saturated rings. The van der Waals surface area contributed by atoms with E-state index in [-0.39, 0.29) is 24.2 Å². The molecule has 8 nitrogen and oxygen atoms in total. The minimum absolute atomic E-state index is 0.210. The molecule has 1 aliphatic rings. The number of methoxy groups -OCH3 is 2. The molecule has 0 atom stereocenters. The van der Waals surface area contributed by atoms with Gasteiger partial charge in [-0.15, -0.1) is 0 Å². The molecule has 1 aromatic carbocycles. The van der Waals surface area contributed by atoms with Crippen molar-refractivity contribution in [2.24, 2.45) is 0 Å². The van der Waals surface area contributed by atoms with Gasteiger partial charge in [-0.1, -0.05) is 0 Å². The molecule has 0 saturated heterocycles. The molecule has 3 aromatic rings. The quantitative estimate of drug-likeness (QED) is 0.614. The number of carbonyl (C=O) groups excluding carboxylic acids is 1. The van der Waals surface area contributed by atoms with Crippen LogP contribution in [0.4, 0.5) is 18.9 Å². The van der Waals surface area contributed by atoms with Crippen molar-refractivity contribution in [1.82, 2.24) is 19.7 Å². The predicted octanol–water partition coefficient (Wildman–Crippen LogP) is 3.39. The van der Waals surface area contributed by atoms with E-state index in [1.54, 1.807) is 6.92 Å². The third-order valence-corrected chi connectivity index (χ3v) is 4.87. The van der Waals surface area contributed by atoms with Crippen molar-refractivity contribution in [2.45, 2.75) is 26.2 Å². The molecular formula is C20H18F3N5O3. The van der Waals surface area contributed by atoms with Gasteiger partial charge in [0, 0.05) is 17.3 Å². The lowest BCUT2D eigenvalue weighted by atomic mass is 9.99. The average Bonchev–Trinajstić information content (AvgIpc) is 3.30. The van der Waals surface area contributed by atoms with E-state index in [4.69, 9.17) is 9.47 Å². The number of alkyl halides is 3. The van der Waals surface area contributed by atoms with E-state index in [0.29, 0.717) is 16.9 Å². The number of amides is 1. The molecule has 0 spiro atoms. The minimum atomic E-state index is -4.40. The number of nitrogens with zero attached hydrogens (tertiary/aromatic N) is 5. The lowest BCUT2D eigenvalue weighted by Crippen LogP contribution is -2.23. The van der Waals surface area contributed by atoms with Crippen LogP contribution in [-0.4, -0.2) is 46.1 Å².